The second-order valence-corrected chi connectivity index (χ2v) is 11.3. The Morgan fingerprint density at radius 3 is 2.45 bits per heavy atom. The van der Waals surface area contributed by atoms with Crippen LogP contribution in [0.25, 0.3) is 0 Å². The number of carbonyl (C=O) groups excluding carboxylic acids is 2. The molecule has 31 heavy (non-hydrogen) atoms. The number of carbonyl (C=O) groups is 2. The van der Waals surface area contributed by atoms with Crippen LogP contribution in [0, 0.1) is 27.6 Å². The molecule has 0 aromatic carbocycles. The summed E-state index contributed by atoms with van der Waals surface area (Å²) in [5.41, 5.74) is -1.85. The summed E-state index contributed by atoms with van der Waals surface area (Å²) >= 11 is 0. The lowest BCUT2D eigenvalue weighted by atomic mass is 9.38. The highest BCUT2D eigenvalue weighted by Crippen LogP contribution is 2.73. The average molecular weight is 425 g/mol. The van der Waals surface area contributed by atoms with Gasteiger partial charge in [-0.1, -0.05) is 19.9 Å². The van der Waals surface area contributed by atoms with Crippen LogP contribution in [0.4, 0.5) is 0 Å². The molecule has 1 N–H and O–H groups in total. The molecule has 166 valence electrons. The highest BCUT2D eigenvalue weighted by molar-refractivity contribution is 6.06. The lowest BCUT2D eigenvalue weighted by molar-refractivity contribution is -0.205. The van der Waals surface area contributed by atoms with E-state index >= 15 is 0 Å². The van der Waals surface area contributed by atoms with Crippen molar-refractivity contribution in [1.29, 1.82) is 0 Å². The summed E-state index contributed by atoms with van der Waals surface area (Å²) in [7, 11) is 0. The number of fused-ring (bicyclic) bond motifs is 5. The molecule has 1 saturated carbocycles. The smallest absolute Gasteiger partial charge is 0.206 e. The minimum atomic E-state index is -0.929. The standard InChI is InChI=1S/C26H32O5/c1-22(2)18(27)8-10-23(3)17-7-11-24(4)16(15-9-12-30-13-15)14-31-26(24,6)25(17,5)21(29)19(28)20(22)23/h8-10,12-13,16-17,28H,7,11,14H2,1-6H3. The molecule has 1 saturated heterocycles. The quantitative estimate of drug-likeness (QED) is 0.675. The van der Waals surface area contributed by atoms with Crippen LogP contribution in [0.2, 0.25) is 0 Å². The Labute approximate surface area is 183 Å². The van der Waals surface area contributed by atoms with Crippen LogP contribution in [0.3, 0.4) is 0 Å². The number of rotatable bonds is 1. The Hall–Kier alpha value is -2.14. The van der Waals surface area contributed by atoms with Crippen molar-refractivity contribution in [2.45, 2.75) is 65.9 Å². The maximum Gasteiger partial charge on any atom is 0.206 e. The number of aliphatic hydroxyl groups is 1. The number of ketones is 2. The number of hydrogen-bond donors (Lipinski definition) is 1. The van der Waals surface area contributed by atoms with Crippen molar-refractivity contribution in [3.8, 4) is 0 Å². The largest absolute Gasteiger partial charge is 0.504 e. The summed E-state index contributed by atoms with van der Waals surface area (Å²) in [5.74, 6) is -0.579. The van der Waals surface area contributed by atoms with Gasteiger partial charge in [0.05, 0.1) is 35.6 Å². The van der Waals surface area contributed by atoms with Crippen molar-refractivity contribution in [2.24, 2.45) is 27.6 Å². The molecular weight excluding hydrogens is 392 g/mol. The molecule has 4 aliphatic rings. The minimum Gasteiger partial charge on any atom is -0.504 e. The normalized spacial score (nSPS) is 46.0. The fourth-order valence-electron chi connectivity index (χ4n) is 7.90. The van der Waals surface area contributed by atoms with Crippen LogP contribution in [0.5, 0.6) is 0 Å². The van der Waals surface area contributed by atoms with Gasteiger partial charge in [0.2, 0.25) is 5.78 Å². The summed E-state index contributed by atoms with van der Waals surface area (Å²) in [6, 6.07) is 1.98. The van der Waals surface area contributed by atoms with Gasteiger partial charge in [-0.3, -0.25) is 9.59 Å². The van der Waals surface area contributed by atoms with Crippen LogP contribution < -0.4 is 0 Å². The van der Waals surface area contributed by atoms with Gasteiger partial charge >= 0.3 is 0 Å². The van der Waals surface area contributed by atoms with Gasteiger partial charge in [-0.25, -0.2) is 0 Å². The van der Waals surface area contributed by atoms with E-state index in [1.807, 2.05) is 32.9 Å². The van der Waals surface area contributed by atoms with Gasteiger partial charge in [0, 0.05) is 16.7 Å². The zero-order valence-electron chi connectivity index (χ0n) is 19.2. The first kappa shape index (κ1) is 20.7. The first-order valence-corrected chi connectivity index (χ1v) is 11.2. The topological polar surface area (TPSA) is 76.7 Å². The molecule has 2 heterocycles. The Balaban J connectivity index is 1.73. The van der Waals surface area contributed by atoms with Gasteiger partial charge in [0.25, 0.3) is 0 Å². The molecular formula is C26H32O5. The van der Waals surface area contributed by atoms with Crippen molar-refractivity contribution in [2.75, 3.05) is 6.61 Å². The molecule has 0 amide bonds. The van der Waals surface area contributed by atoms with E-state index in [1.165, 1.54) is 0 Å². The molecule has 6 atom stereocenters. The molecule has 3 aliphatic carbocycles. The van der Waals surface area contributed by atoms with Gasteiger partial charge in [0.1, 0.15) is 0 Å². The van der Waals surface area contributed by atoms with E-state index in [1.54, 1.807) is 18.6 Å². The molecule has 1 aromatic rings. The third-order valence-corrected chi connectivity index (χ3v) is 9.99. The van der Waals surface area contributed by atoms with Crippen molar-refractivity contribution in [1.82, 2.24) is 0 Å². The number of aliphatic hydroxyl groups excluding tert-OH is 1. The molecule has 5 nitrogen and oxygen atoms in total. The van der Waals surface area contributed by atoms with Gasteiger partial charge in [-0.2, -0.15) is 0 Å². The molecule has 0 radical (unpaired) electrons. The van der Waals surface area contributed by atoms with Gasteiger partial charge in [-0.15, -0.1) is 0 Å². The summed E-state index contributed by atoms with van der Waals surface area (Å²) in [5, 5.41) is 11.3. The second kappa shape index (κ2) is 5.80. The lowest BCUT2D eigenvalue weighted by Crippen LogP contribution is -2.69. The van der Waals surface area contributed by atoms with Crippen LogP contribution in [0.1, 0.15) is 65.9 Å². The van der Waals surface area contributed by atoms with E-state index in [0.29, 0.717) is 12.2 Å². The number of hydrogen-bond acceptors (Lipinski definition) is 5. The number of ether oxygens (including phenoxy) is 1. The van der Waals surface area contributed by atoms with Gasteiger partial charge < -0.3 is 14.3 Å². The predicted octanol–water partition coefficient (Wildman–Crippen LogP) is 5.14. The fraction of sp³-hybridized carbons (Fsp3) is 0.615. The second-order valence-electron chi connectivity index (χ2n) is 11.3. The molecule has 5 heteroatoms. The molecule has 2 fully saturated rings. The monoisotopic (exact) mass is 424 g/mol. The molecule has 0 spiro atoms. The highest BCUT2D eigenvalue weighted by Gasteiger charge is 2.75. The Kier molecular flexibility index (Phi) is 3.88. The summed E-state index contributed by atoms with van der Waals surface area (Å²) in [6.07, 6.45) is 8.73. The first-order valence-electron chi connectivity index (χ1n) is 11.2. The Morgan fingerprint density at radius 2 is 1.81 bits per heavy atom. The molecule has 1 aromatic heterocycles. The maximum atomic E-state index is 14.0. The number of furan rings is 1. The van der Waals surface area contributed by atoms with Crippen LogP contribution in [0.15, 0.2) is 46.5 Å². The minimum absolute atomic E-state index is 0.0769. The van der Waals surface area contributed by atoms with Crippen LogP contribution in [-0.4, -0.2) is 28.9 Å². The SMILES string of the molecule is CC1(C)C(=O)C=CC2(C)C1=C(O)C(=O)C1(C)C2CCC2(C)C(c3ccoc3)COC21C. The number of allylic oxidation sites excluding steroid dienone is 4. The highest BCUT2D eigenvalue weighted by atomic mass is 16.5. The van der Waals surface area contributed by atoms with E-state index in [4.69, 9.17) is 9.15 Å². The fourth-order valence-corrected chi connectivity index (χ4v) is 7.90. The zero-order valence-corrected chi connectivity index (χ0v) is 19.2. The third-order valence-electron chi connectivity index (χ3n) is 9.99. The Morgan fingerprint density at radius 1 is 1.10 bits per heavy atom. The van der Waals surface area contributed by atoms with Gasteiger partial charge in [-0.05, 0) is 69.7 Å². The summed E-state index contributed by atoms with van der Waals surface area (Å²) < 4.78 is 11.9. The van der Waals surface area contributed by atoms with Crippen LogP contribution >= 0.6 is 0 Å². The van der Waals surface area contributed by atoms with Crippen molar-refractivity contribution in [3.05, 3.63) is 47.6 Å². The van der Waals surface area contributed by atoms with Crippen molar-refractivity contribution >= 4 is 11.6 Å². The molecule has 0 bridgehead atoms. The maximum absolute atomic E-state index is 14.0. The summed E-state index contributed by atoms with van der Waals surface area (Å²) in [4.78, 5) is 26.7. The molecule has 1 aliphatic heterocycles. The third kappa shape index (κ3) is 2.07. The van der Waals surface area contributed by atoms with E-state index < -0.39 is 21.8 Å². The lowest BCUT2D eigenvalue weighted by Gasteiger charge is -2.65. The van der Waals surface area contributed by atoms with Crippen molar-refractivity contribution in [3.63, 3.8) is 0 Å². The number of Topliss-reactive ketones (excluding diaryl/α,β-unsaturated/α-hetero) is 1. The van der Waals surface area contributed by atoms with E-state index in [-0.39, 0.29) is 34.6 Å². The molecule has 5 rings (SSSR count). The zero-order chi connectivity index (χ0) is 22.6. The van der Waals surface area contributed by atoms with E-state index in [2.05, 4.69) is 20.8 Å². The average Bonchev–Trinajstić information content (AvgIpc) is 3.31. The van der Waals surface area contributed by atoms with Crippen LogP contribution in [-0.2, 0) is 14.3 Å². The van der Waals surface area contributed by atoms with E-state index in [9.17, 15) is 14.7 Å². The first-order chi connectivity index (χ1) is 14.4. The molecule has 6 unspecified atom stereocenters. The van der Waals surface area contributed by atoms with Crippen molar-refractivity contribution < 1.29 is 23.8 Å². The van der Waals surface area contributed by atoms with E-state index in [0.717, 1.165) is 18.4 Å². The predicted molar refractivity (Wildman–Crippen MR) is 115 cm³/mol. The summed E-state index contributed by atoms with van der Waals surface area (Å²) in [6.45, 7) is 12.5. The van der Waals surface area contributed by atoms with Gasteiger partial charge in [0.15, 0.2) is 11.5 Å². The Bertz CT molecular complexity index is 1050.